The van der Waals surface area contributed by atoms with E-state index in [4.69, 9.17) is 16.1 Å². The van der Waals surface area contributed by atoms with E-state index in [-0.39, 0.29) is 57.2 Å². The topological polar surface area (TPSA) is 116 Å². The third-order valence-corrected chi connectivity index (χ3v) is 7.13. The molecular formula is C19H16ClFN3NaO5S. The Morgan fingerprint density at radius 3 is 2.68 bits per heavy atom. The van der Waals surface area contributed by atoms with E-state index in [9.17, 15) is 23.9 Å². The van der Waals surface area contributed by atoms with E-state index in [1.807, 2.05) is 0 Å². The minimum absolute atomic E-state index is 0. The molecule has 1 N–H and O–H groups in total. The molecule has 0 bridgehead atoms. The number of hydrogen-bond donors (Lipinski definition) is 1. The van der Waals surface area contributed by atoms with Crippen molar-refractivity contribution in [3.8, 4) is 11.3 Å². The van der Waals surface area contributed by atoms with Crippen molar-refractivity contribution >= 4 is 41.1 Å². The number of fused-ring (bicyclic) bond motifs is 1. The van der Waals surface area contributed by atoms with E-state index in [1.165, 1.54) is 41.8 Å². The summed E-state index contributed by atoms with van der Waals surface area (Å²) in [6.45, 7) is 4.88. The van der Waals surface area contributed by atoms with Crippen molar-refractivity contribution in [2.75, 3.05) is 0 Å². The molecule has 0 spiro atoms. The number of hydrogen-bond acceptors (Lipinski definition) is 7. The average molecular weight is 480 g/mol. The predicted octanol–water partition coefficient (Wildman–Crippen LogP) is -1.64. The summed E-state index contributed by atoms with van der Waals surface area (Å²) in [5.41, 5.74) is -0.216. The van der Waals surface area contributed by atoms with Crippen molar-refractivity contribution in [3.05, 3.63) is 40.4 Å². The van der Waals surface area contributed by atoms with Gasteiger partial charge in [-0.3, -0.25) is 9.59 Å². The van der Waals surface area contributed by atoms with Crippen LogP contribution in [-0.4, -0.2) is 50.0 Å². The van der Waals surface area contributed by atoms with Gasteiger partial charge in [-0.15, -0.1) is 11.8 Å². The zero-order valence-electron chi connectivity index (χ0n) is 17.1. The molecule has 2 saturated heterocycles. The van der Waals surface area contributed by atoms with Crippen LogP contribution in [0.3, 0.4) is 0 Å². The Bertz CT molecular complexity index is 1070. The van der Waals surface area contributed by atoms with Crippen molar-refractivity contribution in [2.24, 2.45) is 0 Å². The Balaban J connectivity index is 0.00000272. The van der Waals surface area contributed by atoms with Gasteiger partial charge in [0.2, 0.25) is 5.91 Å². The first-order chi connectivity index (χ1) is 14.0. The van der Waals surface area contributed by atoms with Crippen LogP contribution in [0, 0.1) is 12.7 Å². The van der Waals surface area contributed by atoms with Crippen molar-refractivity contribution in [1.82, 2.24) is 15.4 Å². The third kappa shape index (κ3) is 3.78. The largest absolute Gasteiger partial charge is 1.00 e. The van der Waals surface area contributed by atoms with Crippen molar-refractivity contribution in [1.29, 1.82) is 0 Å². The molecule has 0 saturated carbocycles. The molecule has 2 aromatic rings. The number of carbonyl (C=O) groups excluding carboxylic acids is 3. The summed E-state index contributed by atoms with van der Waals surface area (Å²) in [7, 11) is 0. The fraction of sp³-hybridized carbons (Fsp3) is 0.368. The summed E-state index contributed by atoms with van der Waals surface area (Å²) < 4.78 is 18.7. The van der Waals surface area contributed by atoms with E-state index in [0.29, 0.717) is 0 Å². The molecule has 158 valence electrons. The van der Waals surface area contributed by atoms with Gasteiger partial charge in [0.15, 0.2) is 0 Å². The van der Waals surface area contributed by atoms with Crippen LogP contribution in [-0.2, 0) is 9.59 Å². The molecular weight excluding hydrogens is 464 g/mol. The van der Waals surface area contributed by atoms with Crippen LogP contribution in [0.2, 0.25) is 5.02 Å². The van der Waals surface area contributed by atoms with Gasteiger partial charge in [-0.05, 0) is 32.9 Å². The molecule has 3 atom stereocenters. The fourth-order valence-corrected chi connectivity index (χ4v) is 5.75. The number of thioether (sulfide) groups is 1. The van der Waals surface area contributed by atoms with Gasteiger partial charge >= 0.3 is 29.6 Å². The molecule has 2 fully saturated rings. The first kappa shape index (κ1) is 24.1. The van der Waals surface area contributed by atoms with Crippen LogP contribution in [0.4, 0.5) is 4.39 Å². The van der Waals surface area contributed by atoms with Gasteiger partial charge in [-0.2, -0.15) is 0 Å². The Labute approximate surface area is 208 Å². The molecule has 0 unspecified atom stereocenters. The number of nitrogens with zero attached hydrogens (tertiary/aromatic N) is 2. The molecule has 4 rings (SSSR count). The number of nitrogens with one attached hydrogen (secondary N) is 1. The van der Waals surface area contributed by atoms with E-state index < -0.39 is 45.8 Å². The van der Waals surface area contributed by atoms with Gasteiger partial charge in [0.05, 0.1) is 22.6 Å². The molecule has 1 aromatic carbocycles. The minimum Gasteiger partial charge on any atom is -0.548 e. The zero-order chi connectivity index (χ0) is 22.0. The van der Waals surface area contributed by atoms with Crippen molar-refractivity contribution < 1.29 is 58.0 Å². The number of aromatic nitrogens is 1. The monoisotopic (exact) mass is 479 g/mol. The normalized spacial score (nSPS) is 23.6. The van der Waals surface area contributed by atoms with E-state index in [0.717, 1.165) is 0 Å². The minimum atomic E-state index is -1.35. The van der Waals surface area contributed by atoms with Crippen LogP contribution < -0.4 is 40.0 Å². The molecule has 1 aromatic heterocycles. The van der Waals surface area contributed by atoms with Crippen LogP contribution in [0.1, 0.15) is 30.0 Å². The van der Waals surface area contributed by atoms with Gasteiger partial charge in [-0.25, -0.2) is 4.39 Å². The number of carbonyl (C=O) groups is 3. The van der Waals surface area contributed by atoms with Crippen LogP contribution >= 0.6 is 23.4 Å². The summed E-state index contributed by atoms with van der Waals surface area (Å²) in [6, 6.07) is 2.01. The first-order valence-electron chi connectivity index (χ1n) is 8.97. The second-order valence-electron chi connectivity index (χ2n) is 7.59. The number of carboxylic acid groups (broad SMARTS) is 1. The van der Waals surface area contributed by atoms with E-state index in [1.54, 1.807) is 13.8 Å². The average Bonchev–Trinajstić information content (AvgIpc) is 3.14. The van der Waals surface area contributed by atoms with Gasteiger partial charge in [-0.1, -0.05) is 22.8 Å². The maximum atomic E-state index is 14.3. The summed E-state index contributed by atoms with van der Waals surface area (Å²) >= 11 is 7.35. The standard InChI is InChI=1S/C19H17ClFN3O5S.Na/c1-7-10(12(23-29-7)11-8(20)5-4-6-9(11)21)15(25)22-13-16(26)24-14(18(27)28)19(2,3)30-17(13)24;/h4-6,13-14,17H,1-3H3,(H,22,25)(H,27,28);/q;+1/p-1/t13-,14+,17-;/m1./s1/i1+1,7+1,10+1,15+1;. The van der Waals surface area contributed by atoms with E-state index >= 15 is 0 Å². The zero-order valence-corrected chi connectivity index (χ0v) is 20.6. The Morgan fingerprint density at radius 1 is 1.39 bits per heavy atom. The quantitative estimate of drug-likeness (QED) is 0.317. The fourth-order valence-electron chi connectivity index (χ4n) is 3.87. The van der Waals surface area contributed by atoms with Gasteiger partial charge in [0, 0.05) is 4.75 Å². The summed E-state index contributed by atoms with van der Waals surface area (Å²) in [5.74, 6) is -3.13. The molecule has 0 aliphatic carbocycles. The molecule has 3 heterocycles. The number of aryl methyl sites for hydroxylation is 1. The number of halogens is 2. The Hall–Kier alpha value is -1.59. The Kier molecular flexibility index (Phi) is 6.52. The number of aliphatic carboxylic acids is 1. The molecule has 0 radical (unpaired) electrons. The second-order valence-corrected chi connectivity index (χ2v) is 9.77. The number of benzene rings is 1. The summed E-state index contributed by atoms with van der Waals surface area (Å²) in [6.07, 6.45) is 0. The summed E-state index contributed by atoms with van der Waals surface area (Å²) in [5, 5.41) is 17.4. The molecule has 2 amide bonds. The molecule has 2 aliphatic heterocycles. The molecule has 12 heteroatoms. The van der Waals surface area contributed by atoms with Crippen molar-refractivity contribution in [2.45, 2.75) is 43.0 Å². The summed E-state index contributed by atoms with van der Waals surface area (Å²) in [4.78, 5) is 38.3. The maximum absolute atomic E-state index is 14.3. The van der Waals surface area contributed by atoms with Crippen LogP contribution in [0.25, 0.3) is 11.3 Å². The van der Waals surface area contributed by atoms with Crippen LogP contribution in [0.15, 0.2) is 22.7 Å². The number of β-lactam (4-membered cyclic amide) rings is 1. The number of carboxylic acids is 1. The van der Waals surface area contributed by atoms with Gasteiger partial charge < -0.3 is 24.6 Å². The smallest absolute Gasteiger partial charge is 0.548 e. The van der Waals surface area contributed by atoms with Crippen molar-refractivity contribution in [3.63, 3.8) is 0 Å². The Morgan fingerprint density at radius 2 is 2.06 bits per heavy atom. The van der Waals surface area contributed by atoms with E-state index in [2.05, 4.69) is 10.5 Å². The van der Waals surface area contributed by atoms with Gasteiger partial charge in [0.1, 0.15) is 34.3 Å². The number of rotatable bonds is 4. The van der Waals surface area contributed by atoms with Gasteiger partial charge in [0.25, 0.3) is 5.91 Å². The third-order valence-electron chi connectivity index (χ3n) is 5.24. The molecule has 2 aliphatic rings. The SMILES string of the molecule is CC1(C)S[C@@H]2[C@H](N[13C](=O)[13c]3c(-c4c(F)cccc4Cl)no[13c]3[13CH3])C(=O)N2[C@H]1C(=O)[O-].[Na+]. The van der Waals surface area contributed by atoms with Crippen LogP contribution in [0.5, 0.6) is 0 Å². The second kappa shape index (κ2) is 8.40. The molecule has 31 heavy (non-hydrogen) atoms. The number of amides is 2. The maximum Gasteiger partial charge on any atom is 1.00 e. The molecule has 8 nitrogen and oxygen atoms in total. The first-order valence-corrected chi connectivity index (χ1v) is 10.2. The predicted molar refractivity (Wildman–Crippen MR) is 104 cm³/mol.